The molecule has 96 valence electrons. The smallest absolute Gasteiger partial charge is 0.131 e. The molecule has 1 heterocycles. The van der Waals surface area contributed by atoms with E-state index in [1.165, 1.54) is 23.5 Å². The third-order valence-corrected chi connectivity index (χ3v) is 3.45. The van der Waals surface area contributed by atoms with Gasteiger partial charge in [0.1, 0.15) is 16.8 Å². The van der Waals surface area contributed by atoms with Gasteiger partial charge >= 0.3 is 0 Å². The number of hydrogen-bond donors (Lipinski definition) is 0. The number of nitriles is 1. The molecule has 0 spiro atoms. The Labute approximate surface area is 115 Å². The highest BCUT2D eigenvalue weighted by atomic mass is 32.1. The van der Waals surface area contributed by atoms with E-state index in [9.17, 15) is 4.39 Å². The van der Waals surface area contributed by atoms with Crippen molar-refractivity contribution in [3.63, 3.8) is 0 Å². The Morgan fingerprint density at radius 2 is 2.00 bits per heavy atom. The van der Waals surface area contributed by atoms with Gasteiger partial charge in [0.15, 0.2) is 0 Å². The zero-order valence-corrected chi connectivity index (χ0v) is 11.4. The molecule has 0 fully saturated rings. The van der Waals surface area contributed by atoms with Gasteiger partial charge in [0.25, 0.3) is 0 Å². The minimum absolute atomic E-state index is 0.272. The third kappa shape index (κ3) is 3.18. The van der Waals surface area contributed by atoms with Crippen LogP contribution in [0.2, 0.25) is 0 Å². The molecule has 0 saturated heterocycles. The SMILES string of the molecule is CN(C)/C=N/c1cc(-c2ccc(F)cc2)sc1C#N. The predicted octanol–water partition coefficient (Wildman–Crippen LogP) is 3.65. The molecule has 19 heavy (non-hydrogen) atoms. The lowest BCUT2D eigenvalue weighted by Crippen LogP contribution is -2.06. The fraction of sp³-hybridized carbons (Fsp3) is 0.143. The van der Waals surface area contributed by atoms with E-state index in [-0.39, 0.29) is 5.82 Å². The van der Waals surface area contributed by atoms with Gasteiger partial charge < -0.3 is 4.90 Å². The Kier molecular flexibility index (Phi) is 3.93. The van der Waals surface area contributed by atoms with Crippen molar-refractivity contribution in [2.24, 2.45) is 4.99 Å². The summed E-state index contributed by atoms with van der Waals surface area (Å²) in [4.78, 5) is 7.52. The maximum absolute atomic E-state index is 12.9. The van der Waals surface area contributed by atoms with E-state index in [2.05, 4.69) is 11.1 Å². The van der Waals surface area contributed by atoms with Crippen LogP contribution in [0.25, 0.3) is 10.4 Å². The summed E-state index contributed by atoms with van der Waals surface area (Å²) in [6, 6.07) is 10.2. The van der Waals surface area contributed by atoms with Crippen molar-refractivity contribution in [3.05, 3.63) is 41.0 Å². The monoisotopic (exact) mass is 273 g/mol. The average Bonchev–Trinajstić information content (AvgIpc) is 2.80. The van der Waals surface area contributed by atoms with Crippen molar-refractivity contribution in [1.82, 2.24) is 4.90 Å². The Morgan fingerprint density at radius 1 is 1.32 bits per heavy atom. The minimum Gasteiger partial charge on any atom is -0.369 e. The zero-order valence-electron chi connectivity index (χ0n) is 10.6. The standard InChI is InChI=1S/C14H12FN3S/c1-18(2)9-17-12-7-13(19-14(12)8-16)10-3-5-11(15)6-4-10/h3-7,9H,1-2H3/b17-9+. The lowest BCUT2D eigenvalue weighted by Gasteiger charge is -2.00. The molecule has 0 N–H and O–H groups in total. The fourth-order valence-electron chi connectivity index (χ4n) is 1.49. The lowest BCUT2D eigenvalue weighted by molar-refractivity contribution is 0.628. The summed E-state index contributed by atoms with van der Waals surface area (Å²) < 4.78 is 12.9. The first-order chi connectivity index (χ1) is 9.10. The van der Waals surface area contributed by atoms with Crippen LogP contribution < -0.4 is 0 Å². The topological polar surface area (TPSA) is 39.4 Å². The highest BCUT2D eigenvalue weighted by Gasteiger charge is 2.09. The van der Waals surface area contributed by atoms with Crippen LogP contribution in [0, 0.1) is 17.1 Å². The molecule has 0 aliphatic carbocycles. The number of aliphatic imine (C=N–C) groups is 1. The Balaban J connectivity index is 2.39. The molecule has 1 aromatic heterocycles. The largest absolute Gasteiger partial charge is 0.369 e. The zero-order chi connectivity index (χ0) is 13.8. The number of halogens is 1. The van der Waals surface area contributed by atoms with Crippen molar-refractivity contribution < 1.29 is 4.39 Å². The molecular formula is C14H12FN3S. The fourth-order valence-corrected chi connectivity index (χ4v) is 2.40. The van der Waals surface area contributed by atoms with Crippen LogP contribution in [0.5, 0.6) is 0 Å². The van der Waals surface area contributed by atoms with Gasteiger partial charge in [-0.05, 0) is 23.8 Å². The summed E-state index contributed by atoms with van der Waals surface area (Å²) in [5, 5.41) is 9.10. The summed E-state index contributed by atoms with van der Waals surface area (Å²) in [5.74, 6) is -0.272. The third-order valence-electron chi connectivity index (χ3n) is 2.37. The number of thiophene rings is 1. The molecule has 1 aromatic carbocycles. The molecule has 0 amide bonds. The second kappa shape index (κ2) is 5.63. The molecule has 2 rings (SSSR count). The van der Waals surface area contributed by atoms with Gasteiger partial charge in [-0.3, -0.25) is 0 Å². The van der Waals surface area contributed by atoms with Crippen LogP contribution in [0.4, 0.5) is 10.1 Å². The van der Waals surface area contributed by atoms with E-state index >= 15 is 0 Å². The Hall–Kier alpha value is -2.19. The van der Waals surface area contributed by atoms with Gasteiger partial charge in [0.05, 0.1) is 12.0 Å². The lowest BCUT2D eigenvalue weighted by atomic mass is 10.2. The first-order valence-electron chi connectivity index (χ1n) is 5.60. The van der Waals surface area contributed by atoms with Crippen LogP contribution in [-0.4, -0.2) is 25.3 Å². The summed E-state index contributed by atoms with van der Waals surface area (Å²) in [6.07, 6.45) is 1.65. The van der Waals surface area contributed by atoms with Gasteiger partial charge in [0.2, 0.25) is 0 Å². The van der Waals surface area contributed by atoms with E-state index in [0.717, 1.165) is 10.4 Å². The van der Waals surface area contributed by atoms with Crippen molar-refractivity contribution in [3.8, 4) is 16.5 Å². The summed E-state index contributed by atoms with van der Waals surface area (Å²) >= 11 is 1.35. The van der Waals surface area contributed by atoms with E-state index < -0.39 is 0 Å². The van der Waals surface area contributed by atoms with Crippen LogP contribution in [0.3, 0.4) is 0 Å². The highest BCUT2D eigenvalue weighted by molar-refractivity contribution is 7.16. The quantitative estimate of drug-likeness (QED) is 0.632. The summed E-state index contributed by atoms with van der Waals surface area (Å²) in [6.45, 7) is 0. The van der Waals surface area contributed by atoms with Crippen LogP contribution in [-0.2, 0) is 0 Å². The molecule has 0 aliphatic rings. The minimum atomic E-state index is -0.272. The van der Waals surface area contributed by atoms with E-state index in [4.69, 9.17) is 5.26 Å². The first-order valence-corrected chi connectivity index (χ1v) is 6.42. The number of rotatable bonds is 3. The molecule has 5 heteroatoms. The second-order valence-corrected chi connectivity index (χ2v) is 5.20. The predicted molar refractivity (Wildman–Crippen MR) is 76.3 cm³/mol. The Bertz CT molecular complexity index is 636. The van der Waals surface area contributed by atoms with Crippen molar-refractivity contribution in [1.29, 1.82) is 5.26 Å². The Morgan fingerprint density at radius 3 is 2.58 bits per heavy atom. The molecular weight excluding hydrogens is 261 g/mol. The van der Waals surface area contributed by atoms with Gasteiger partial charge in [-0.15, -0.1) is 11.3 Å². The molecule has 0 atom stereocenters. The van der Waals surface area contributed by atoms with Gasteiger partial charge in [-0.1, -0.05) is 12.1 Å². The van der Waals surface area contributed by atoms with Crippen molar-refractivity contribution >= 4 is 23.4 Å². The molecule has 0 bridgehead atoms. The first kappa shape index (κ1) is 13.2. The molecule has 0 saturated carbocycles. The van der Waals surface area contributed by atoms with E-state index in [1.54, 1.807) is 23.4 Å². The van der Waals surface area contributed by atoms with Crippen LogP contribution in [0.15, 0.2) is 35.3 Å². The summed E-state index contributed by atoms with van der Waals surface area (Å²) in [5.41, 5.74) is 1.52. The van der Waals surface area contributed by atoms with Crippen molar-refractivity contribution in [2.45, 2.75) is 0 Å². The second-order valence-electron chi connectivity index (χ2n) is 4.15. The maximum atomic E-state index is 12.9. The highest BCUT2D eigenvalue weighted by Crippen LogP contribution is 2.35. The number of hydrogen-bond acceptors (Lipinski definition) is 3. The van der Waals surface area contributed by atoms with Gasteiger partial charge in [-0.2, -0.15) is 5.26 Å². The molecule has 0 aliphatic heterocycles. The van der Waals surface area contributed by atoms with Crippen LogP contribution in [0.1, 0.15) is 4.88 Å². The normalized spacial score (nSPS) is 10.6. The molecule has 3 nitrogen and oxygen atoms in total. The maximum Gasteiger partial charge on any atom is 0.131 e. The van der Waals surface area contributed by atoms with Gasteiger partial charge in [0, 0.05) is 19.0 Å². The van der Waals surface area contributed by atoms with E-state index in [1.807, 2.05) is 20.2 Å². The number of benzene rings is 1. The van der Waals surface area contributed by atoms with Crippen molar-refractivity contribution in [2.75, 3.05) is 14.1 Å². The van der Waals surface area contributed by atoms with E-state index in [0.29, 0.717) is 10.6 Å². The number of nitrogens with zero attached hydrogens (tertiary/aromatic N) is 3. The van der Waals surface area contributed by atoms with Gasteiger partial charge in [-0.25, -0.2) is 9.38 Å². The molecule has 2 aromatic rings. The summed E-state index contributed by atoms with van der Waals surface area (Å²) in [7, 11) is 3.73. The molecule has 0 radical (unpaired) electrons. The molecule has 0 unspecified atom stereocenters. The van der Waals surface area contributed by atoms with Crippen LogP contribution >= 0.6 is 11.3 Å². The average molecular weight is 273 g/mol.